The number of hydrogen-bond donors (Lipinski definition) is 0. The van der Waals surface area contributed by atoms with Crippen LogP contribution in [0, 0.1) is 0 Å². The molecule has 24 heavy (non-hydrogen) atoms. The number of para-hydroxylation sites is 2. The van der Waals surface area contributed by atoms with Gasteiger partial charge in [-0.2, -0.15) is 0 Å². The number of thiazole rings is 1. The highest BCUT2D eigenvalue weighted by molar-refractivity contribution is 7.18. The quantitative estimate of drug-likeness (QED) is 0.567. The molecule has 0 saturated heterocycles. The molecule has 5 heteroatoms. The highest BCUT2D eigenvalue weighted by atomic mass is 32.1. The third kappa shape index (κ3) is 2.63. The predicted octanol–water partition coefficient (Wildman–Crippen LogP) is 4.12. The van der Waals surface area contributed by atoms with Crippen LogP contribution >= 0.6 is 11.3 Å². The van der Waals surface area contributed by atoms with Crippen molar-refractivity contribution in [3.63, 3.8) is 0 Å². The van der Waals surface area contributed by atoms with Gasteiger partial charge in [-0.1, -0.05) is 30.3 Å². The van der Waals surface area contributed by atoms with Crippen molar-refractivity contribution in [3.8, 4) is 0 Å². The molecular formula is C19H15N3OS. The van der Waals surface area contributed by atoms with Crippen molar-refractivity contribution < 1.29 is 4.79 Å². The van der Waals surface area contributed by atoms with Crippen LogP contribution in [-0.4, -0.2) is 27.8 Å². The lowest BCUT2D eigenvalue weighted by Gasteiger charge is -2.16. The number of amides is 1. The SMILES string of the molecule is CN(Cc1nc2ccccc2s1)C(=O)c1ccnc2ccccc12. The normalized spacial score (nSPS) is 11.0. The van der Waals surface area contributed by atoms with Crippen LogP contribution in [0.5, 0.6) is 0 Å². The number of carbonyl (C=O) groups is 1. The molecule has 118 valence electrons. The molecule has 0 atom stereocenters. The molecule has 0 N–H and O–H groups in total. The number of hydrogen-bond acceptors (Lipinski definition) is 4. The minimum atomic E-state index is -0.0205. The Morgan fingerprint density at radius 2 is 1.79 bits per heavy atom. The number of benzene rings is 2. The standard InChI is InChI=1S/C19H15N3OS/c1-22(12-18-21-16-8-4-5-9-17(16)24-18)19(23)14-10-11-20-15-7-3-2-6-13(14)15/h2-11H,12H2,1H3. The molecule has 2 aromatic heterocycles. The van der Waals surface area contributed by atoms with E-state index in [-0.39, 0.29) is 5.91 Å². The Morgan fingerprint density at radius 3 is 2.62 bits per heavy atom. The minimum absolute atomic E-state index is 0.0205. The van der Waals surface area contributed by atoms with Gasteiger partial charge in [0.05, 0.1) is 27.8 Å². The van der Waals surface area contributed by atoms with Gasteiger partial charge >= 0.3 is 0 Å². The first-order chi connectivity index (χ1) is 11.7. The van der Waals surface area contributed by atoms with Crippen LogP contribution < -0.4 is 0 Å². The van der Waals surface area contributed by atoms with Crippen LogP contribution in [0.2, 0.25) is 0 Å². The van der Waals surface area contributed by atoms with E-state index in [9.17, 15) is 4.79 Å². The molecule has 4 nitrogen and oxygen atoms in total. The summed E-state index contributed by atoms with van der Waals surface area (Å²) < 4.78 is 1.14. The van der Waals surface area contributed by atoms with Crippen LogP contribution in [-0.2, 0) is 6.54 Å². The maximum Gasteiger partial charge on any atom is 0.254 e. The zero-order valence-corrected chi connectivity index (χ0v) is 14.0. The van der Waals surface area contributed by atoms with Crippen LogP contribution in [0.25, 0.3) is 21.1 Å². The number of fused-ring (bicyclic) bond motifs is 2. The van der Waals surface area contributed by atoms with E-state index in [2.05, 4.69) is 16.0 Å². The summed E-state index contributed by atoms with van der Waals surface area (Å²) >= 11 is 1.62. The van der Waals surface area contributed by atoms with Gasteiger partial charge in [0.25, 0.3) is 5.91 Å². The van der Waals surface area contributed by atoms with Gasteiger partial charge in [-0.3, -0.25) is 9.78 Å². The minimum Gasteiger partial charge on any atom is -0.335 e. The summed E-state index contributed by atoms with van der Waals surface area (Å²) in [5.41, 5.74) is 2.48. The first kappa shape index (κ1) is 14.8. The van der Waals surface area contributed by atoms with Gasteiger partial charge in [0, 0.05) is 18.6 Å². The second-order valence-electron chi connectivity index (χ2n) is 5.61. The van der Waals surface area contributed by atoms with E-state index in [0.29, 0.717) is 12.1 Å². The predicted molar refractivity (Wildman–Crippen MR) is 97.2 cm³/mol. The Kier molecular flexibility index (Phi) is 3.70. The molecule has 0 aliphatic rings. The van der Waals surface area contributed by atoms with Crippen molar-refractivity contribution in [2.45, 2.75) is 6.54 Å². The average Bonchev–Trinajstić information content (AvgIpc) is 3.02. The molecule has 0 unspecified atom stereocenters. The molecule has 0 spiro atoms. The lowest BCUT2D eigenvalue weighted by molar-refractivity contribution is 0.0787. The molecule has 2 heterocycles. The van der Waals surface area contributed by atoms with E-state index in [1.807, 2.05) is 49.5 Å². The first-order valence-electron chi connectivity index (χ1n) is 7.66. The number of pyridine rings is 1. The summed E-state index contributed by atoms with van der Waals surface area (Å²) in [6.07, 6.45) is 1.68. The molecule has 4 rings (SSSR count). The zero-order chi connectivity index (χ0) is 16.5. The molecule has 2 aromatic carbocycles. The molecule has 1 amide bonds. The van der Waals surface area contributed by atoms with Gasteiger partial charge < -0.3 is 4.90 Å². The summed E-state index contributed by atoms with van der Waals surface area (Å²) in [4.78, 5) is 23.5. The zero-order valence-electron chi connectivity index (χ0n) is 13.1. The second-order valence-corrected chi connectivity index (χ2v) is 6.73. The summed E-state index contributed by atoms with van der Waals surface area (Å²) in [5, 5.41) is 1.81. The Bertz CT molecular complexity index is 1000. The maximum absolute atomic E-state index is 12.9. The highest BCUT2D eigenvalue weighted by Crippen LogP contribution is 2.23. The van der Waals surface area contributed by atoms with Gasteiger partial charge in [-0.05, 0) is 24.3 Å². The van der Waals surface area contributed by atoms with Crippen molar-refractivity contribution in [3.05, 3.63) is 71.4 Å². The van der Waals surface area contributed by atoms with Crippen molar-refractivity contribution in [2.75, 3.05) is 7.05 Å². The van der Waals surface area contributed by atoms with E-state index in [0.717, 1.165) is 26.1 Å². The van der Waals surface area contributed by atoms with E-state index in [4.69, 9.17) is 0 Å². The van der Waals surface area contributed by atoms with Gasteiger partial charge in [0.15, 0.2) is 0 Å². The van der Waals surface area contributed by atoms with E-state index < -0.39 is 0 Å². The van der Waals surface area contributed by atoms with Crippen molar-refractivity contribution >= 4 is 38.4 Å². The fourth-order valence-electron chi connectivity index (χ4n) is 2.75. The highest BCUT2D eigenvalue weighted by Gasteiger charge is 2.16. The van der Waals surface area contributed by atoms with Gasteiger partial charge in [0.2, 0.25) is 0 Å². The Labute approximate surface area is 143 Å². The third-order valence-corrected chi connectivity index (χ3v) is 4.96. The molecule has 0 saturated carbocycles. The fourth-order valence-corrected chi connectivity index (χ4v) is 3.77. The largest absolute Gasteiger partial charge is 0.335 e. The van der Waals surface area contributed by atoms with Crippen molar-refractivity contribution in [1.29, 1.82) is 0 Å². The maximum atomic E-state index is 12.9. The number of aromatic nitrogens is 2. The molecular weight excluding hydrogens is 318 g/mol. The Morgan fingerprint density at radius 1 is 1.04 bits per heavy atom. The molecule has 0 aliphatic heterocycles. The number of rotatable bonds is 3. The van der Waals surface area contributed by atoms with E-state index in [1.54, 1.807) is 28.5 Å². The van der Waals surface area contributed by atoms with E-state index in [1.165, 1.54) is 0 Å². The van der Waals surface area contributed by atoms with Crippen molar-refractivity contribution in [1.82, 2.24) is 14.9 Å². The van der Waals surface area contributed by atoms with Crippen LogP contribution in [0.4, 0.5) is 0 Å². The van der Waals surface area contributed by atoms with Crippen LogP contribution in [0.15, 0.2) is 60.8 Å². The van der Waals surface area contributed by atoms with Crippen LogP contribution in [0.3, 0.4) is 0 Å². The topological polar surface area (TPSA) is 46.1 Å². The monoisotopic (exact) mass is 333 g/mol. The molecule has 0 fully saturated rings. The molecule has 0 radical (unpaired) electrons. The van der Waals surface area contributed by atoms with Gasteiger partial charge in [-0.15, -0.1) is 11.3 Å². The molecule has 4 aromatic rings. The van der Waals surface area contributed by atoms with Crippen molar-refractivity contribution in [2.24, 2.45) is 0 Å². The second kappa shape index (κ2) is 6.02. The lowest BCUT2D eigenvalue weighted by atomic mass is 10.1. The Hall–Kier alpha value is -2.79. The summed E-state index contributed by atoms with van der Waals surface area (Å²) in [6, 6.07) is 17.5. The number of nitrogens with zero attached hydrogens (tertiary/aromatic N) is 3. The summed E-state index contributed by atoms with van der Waals surface area (Å²) in [6.45, 7) is 0.495. The lowest BCUT2D eigenvalue weighted by Crippen LogP contribution is -2.26. The smallest absolute Gasteiger partial charge is 0.254 e. The molecule has 0 aliphatic carbocycles. The average molecular weight is 333 g/mol. The third-order valence-electron chi connectivity index (χ3n) is 3.94. The first-order valence-corrected chi connectivity index (χ1v) is 8.48. The van der Waals surface area contributed by atoms with E-state index >= 15 is 0 Å². The summed E-state index contributed by atoms with van der Waals surface area (Å²) in [7, 11) is 1.81. The fraction of sp³-hybridized carbons (Fsp3) is 0.105. The Balaban J connectivity index is 1.63. The summed E-state index contributed by atoms with van der Waals surface area (Å²) in [5.74, 6) is -0.0205. The van der Waals surface area contributed by atoms with Gasteiger partial charge in [0.1, 0.15) is 5.01 Å². The number of carbonyl (C=O) groups excluding carboxylic acids is 1. The van der Waals surface area contributed by atoms with Gasteiger partial charge in [-0.25, -0.2) is 4.98 Å². The van der Waals surface area contributed by atoms with Crippen LogP contribution in [0.1, 0.15) is 15.4 Å². The molecule has 0 bridgehead atoms.